The summed E-state index contributed by atoms with van der Waals surface area (Å²) in [7, 11) is 0. The van der Waals surface area contributed by atoms with Crippen molar-refractivity contribution in [2.75, 3.05) is 5.32 Å². The van der Waals surface area contributed by atoms with Gasteiger partial charge in [-0.15, -0.1) is 0 Å². The average Bonchev–Trinajstić information content (AvgIpc) is 3.37. The predicted octanol–water partition coefficient (Wildman–Crippen LogP) is 3.20. The lowest BCUT2D eigenvalue weighted by atomic mass is 9.91. The maximum absolute atomic E-state index is 15.2. The van der Waals surface area contributed by atoms with Crippen molar-refractivity contribution in [3.8, 4) is 11.4 Å². The van der Waals surface area contributed by atoms with Gasteiger partial charge in [-0.1, -0.05) is 25.8 Å². The van der Waals surface area contributed by atoms with Gasteiger partial charge in [0.05, 0.1) is 11.3 Å². The standard InChI is InChI=1S/C21H24FN5O/c1-11-8-9-27-15(11)6-7-16(27)19-17-12(10-24-21(17)28)18(22)20(26-19)25-14-5-3-2-4-13(14)23/h6-9,11,13-14H,2-5,10,23H2,1H3,(H,24,28)(H,25,26)/t11?,13-,14+/m0/s1. The van der Waals surface area contributed by atoms with Crippen LogP contribution in [0.4, 0.5) is 10.2 Å². The molecule has 1 amide bonds. The first-order valence-corrected chi connectivity index (χ1v) is 9.97. The minimum atomic E-state index is -0.452. The van der Waals surface area contributed by atoms with Gasteiger partial charge >= 0.3 is 0 Å². The van der Waals surface area contributed by atoms with Crippen LogP contribution in [0.1, 0.15) is 60.1 Å². The van der Waals surface area contributed by atoms with E-state index in [1.54, 1.807) is 0 Å². The number of nitrogens with one attached hydrogen (secondary N) is 2. The number of carbonyl (C=O) groups is 1. The maximum atomic E-state index is 15.2. The molecule has 2 aromatic heterocycles. The third-order valence-corrected chi connectivity index (χ3v) is 6.21. The van der Waals surface area contributed by atoms with Gasteiger partial charge in [-0.3, -0.25) is 4.79 Å². The molecule has 3 atom stereocenters. The van der Waals surface area contributed by atoms with Gasteiger partial charge in [-0.2, -0.15) is 0 Å². The van der Waals surface area contributed by atoms with Crippen LogP contribution in [0.2, 0.25) is 0 Å². The molecule has 3 aliphatic rings. The van der Waals surface area contributed by atoms with Gasteiger partial charge in [0.2, 0.25) is 0 Å². The zero-order valence-corrected chi connectivity index (χ0v) is 15.8. The number of allylic oxidation sites excluding steroid dienone is 1. The molecule has 1 saturated carbocycles. The molecule has 2 aliphatic heterocycles. The zero-order chi connectivity index (χ0) is 19.4. The van der Waals surface area contributed by atoms with Crippen LogP contribution in [-0.2, 0) is 6.54 Å². The number of rotatable bonds is 3. The lowest BCUT2D eigenvalue weighted by Gasteiger charge is -2.30. The number of nitrogens with zero attached hydrogens (tertiary/aromatic N) is 2. The lowest BCUT2D eigenvalue weighted by Crippen LogP contribution is -2.43. The average molecular weight is 381 g/mol. The molecule has 4 heterocycles. The van der Waals surface area contributed by atoms with Crippen molar-refractivity contribution in [3.63, 3.8) is 0 Å². The summed E-state index contributed by atoms with van der Waals surface area (Å²) in [6.07, 6.45) is 8.08. The van der Waals surface area contributed by atoms with E-state index in [1.165, 1.54) is 0 Å². The first-order valence-electron chi connectivity index (χ1n) is 9.97. The number of hydrogen-bond donors (Lipinski definition) is 3. The molecular weight excluding hydrogens is 357 g/mol. The molecule has 0 aromatic carbocycles. The summed E-state index contributed by atoms with van der Waals surface area (Å²) >= 11 is 0. The van der Waals surface area contributed by atoms with Gasteiger partial charge in [0.1, 0.15) is 5.69 Å². The first-order chi connectivity index (χ1) is 13.5. The van der Waals surface area contributed by atoms with Gasteiger partial charge in [-0.25, -0.2) is 9.37 Å². The summed E-state index contributed by atoms with van der Waals surface area (Å²) in [4.78, 5) is 17.1. The molecule has 146 valence electrons. The van der Waals surface area contributed by atoms with Crippen molar-refractivity contribution in [1.82, 2.24) is 14.9 Å². The van der Waals surface area contributed by atoms with Gasteiger partial charge in [0.25, 0.3) is 5.91 Å². The van der Waals surface area contributed by atoms with Gasteiger partial charge < -0.3 is 20.9 Å². The van der Waals surface area contributed by atoms with Crippen LogP contribution in [0.15, 0.2) is 18.2 Å². The van der Waals surface area contributed by atoms with E-state index in [0.717, 1.165) is 37.1 Å². The number of halogens is 1. The molecule has 0 saturated heterocycles. The van der Waals surface area contributed by atoms with E-state index in [9.17, 15) is 4.79 Å². The highest BCUT2D eigenvalue weighted by atomic mass is 19.1. The number of amides is 1. The van der Waals surface area contributed by atoms with Crippen molar-refractivity contribution in [3.05, 3.63) is 40.8 Å². The normalized spacial score (nSPS) is 25.5. The molecule has 0 bridgehead atoms. The Labute approximate surface area is 163 Å². The minimum Gasteiger partial charge on any atom is -0.363 e. The lowest BCUT2D eigenvalue weighted by molar-refractivity contribution is 0.0966. The molecule has 2 aromatic rings. The van der Waals surface area contributed by atoms with E-state index in [-0.39, 0.29) is 30.4 Å². The molecule has 1 fully saturated rings. The first kappa shape index (κ1) is 17.4. The number of nitrogens with two attached hydrogens (primary N) is 1. The predicted molar refractivity (Wildman–Crippen MR) is 106 cm³/mol. The molecule has 6 nitrogen and oxygen atoms in total. The molecule has 7 heteroatoms. The zero-order valence-electron chi connectivity index (χ0n) is 15.8. The van der Waals surface area contributed by atoms with Crippen LogP contribution < -0.4 is 16.4 Å². The van der Waals surface area contributed by atoms with Crippen molar-refractivity contribution >= 4 is 17.9 Å². The number of carbonyl (C=O) groups excluding carboxylic acids is 1. The summed E-state index contributed by atoms with van der Waals surface area (Å²) in [5, 5.41) is 5.99. The SMILES string of the molecule is CC1C=Cn2c(-c3nc(N[C@@H]4CCCC[C@@H]4N)c(F)c4c3C(=O)NC4)ccc21. The molecule has 5 rings (SSSR count). The largest absolute Gasteiger partial charge is 0.363 e. The number of aromatic nitrogens is 2. The third kappa shape index (κ3) is 2.57. The molecule has 1 unspecified atom stereocenters. The number of fused-ring (bicyclic) bond motifs is 2. The van der Waals surface area contributed by atoms with E-state index in [1.807, 2.05) is 22.9 Å². The fourth-order valence-corrected chi connectivity index (χ4v) is 4.58. The van der Waals surface area contributed by atoms with E-state index in [4.69, 9.17) is 5.73 Å². The second-order valence-electron chi connectivity index (χ2n) is 8.00. The van der Waals surface area contributed by atoms with Crippen molar-refractivity contribution in [2.45, 2.75) is 57.2 Å². The van der Waals surface area contributed by atoms with Crippen LogP contribution >= 0.6 is 0 Å². The van der Waals surface area contributed by atoms with Gasteiger partial charge in [0.15, 0.2) is 11.6 Å². The molecule has 0 radical (unpaired) electrons. The highest BCUT2D eigenvalue weighted by Crippen LogP contribution is 2.37. The van der Waals surface area contributed by atoms with Gasteiger partial charge in [-0.05, 0) is 25.0 Å². The van der Waals surface area contributed by atoms with Crippen LogP contribution in [0, 0.1) is 5.82 Å². The van der Waals surface area contributed by atoms with E-state index in [0.29, 0.717) is 22.7 Å². The summed E-state index contributed by atoms with van der Waals surface area (Å²) in [5.41, 5.74) is 9.42. The van der Waals surface area contributed by atoms with E-state index in [2.05, 4.69) is 28.6 Å². The summed E-state index contributed by atoms with van der Waals surface area (Å²) < 4.78 is 17.2. The monoisotopic (exact) mass is 381 g/mol. The quantitative estimate of drug-likeness (QED) is 0.762. The topological polar surface area (TPSA) is 85.0 Å². The highest BCUT2D eigenvalue weighted by Gasteiger charge is 2.33. The molecule has 28 heavy (non-hydrogen) atoms. The number of pyridine rings is 1. The van der Waals surface area contributed by atoms with Crippen LogP contribution in [-0.4, -0.2) is 27.5 Å². The van der Waals surface area contributed by atoms with E-state index < -0.39 is 5.82 Å². The Kier molecular flexibility index (Phi) is 4.01. The molecule has 1 aliphatic carbocycles. The molecule has 4 N–H and O–H groups in total. The van der Waals surface area contributed by atoms with Crippen molar-refractivity contribution in [1.29, 1.82) is 0 Å². The fourth-order valence-electron chi connectivity index (χ4n) is 4.58. The fraction of sp³-hybridized carbons (Fsp3) is 0.429. The molecule has 0 spiro atoms. The van der Waals surface area contributed by atoms with Gasteiger partial charge in [0, 0.05) is 42.0 Å². The van der Waals surface area contributed by atoms with Crippen molar-refractivity contribution in [2.24, 2.45) is 5.73 Å². The van der Waals surface area contributed by atoms with Crippen LogP contribution in [0.3, 0.4) is 0 Å². The molecular formula is C21H24FN5O. The Bertz CT molecular complexity index is 995. The van der Waals surface area contributed by atoms with Crippen LogP contribution in [0.5, 0.6) is 0 Å². The van der Waals surface area contributed by atoms with E-state index >= 15 is 4.39 Å². The second-order valence-corrected chi connectivity index (χ2v) is 8.00. The third-order valence-electron chi connectivity index (χ3n) is 6.21. The number of anilines is 1. The number of hydrogen-bond acceptors (Lipinski definition) is 4. The summed E-state index contributed by atoms with van der Waals surface area (Å²) in [5.74, 6) is -0.234. The minimum absolute atomic E-state index is 0.00957. The Morgan fingerprint density at radius 1 is 1.32 bits per heavy atom. The summed E-state index contributed by atoms with van der Waals surface area (Å²) in [6, 6.07) is 3.96. The second kappa shape index (κ2) is 6.44. The highest BCUT2D eigenvalue weighted by molar-refractivity contribution is 6.04. The van der Waals surface area contributed by atoms with Crippen LogP contribution in [0.25, 0.3) is 17.6 Å². The smallest absolute Gasteiger partial charge is 0.254 e. The Morgan fingerprint density at radius 3 is 2.96 bits per heavy atom. The summed E-state index contributed by atoms with van der Waals surface area (Å²) in [6.45, 7) is 2.30. The Morgan fingerprint density at radius 2 is 2.14 bits per heavy atom. The van der Waals surface area contributed by atoms with Crippen molar-refractivity contribution < 1.29 is 9.18 Å². The maximum Gasteiger partial charge on any atom is 0.254 e. The Balaban J connectivity index is 1.63. The Hall–Kier alpha value is -2.67.